The number of nitrogens with one attached hydrogen (secondary N) is 1. The van der Waals surface area contributed by atoms with E-state index in [4.69, 9.17) is 10.8 Å². The van der Waals surface area contributed by atoms with E-state index in [1.807, 2.05) is 0 Å². The highest BCUT2D eigenvalue weighted by Gasteiger charge is 2.41. The monoisotopic (exact) mass is 295 g/mol. The number of carboxylic acids is 1. The molecule has 0 radical (unpaired) electrons. The fourth-order valence-corrected chi connectivity index (χ4v) is 2.29. The minimum atomic E-state index is -1.27. The number of hydrogen-bond acceptors (Lipinski definition) is 4. The molecule has 7 heteroatoms. The summed E-state index contributed by atoms with van der Waals surface area (Å²) in [7, 11) is 0. The van der Waals surface area contributed by atoms with Crippen molar-refractivity contribution in [2.45, 2.75) is 18.5 Å². The lowest BCUT2D eigenvalue weighted by Gasteiger charge is -2.19. The van der Waals surface area contributed by atoms with Crippen molar-refractivity contribution < 1.29 is 19.1 Å². The molecule has 1 amide bonds. The highest BCUT2D eigenvalue weighted by Crippen LogP contribution is 2.18. The van der Waals surface area contributed by atoms with E-state index in [0.29, 0.717) is 19.5 Å². The number of amides is 1. The molecule has 21 heavy (non-hydrogen) atoms. The third-order valence-electron chi connectivity index (χ3n) is 3.58. The summed E-state index contributed by atoms with van der Waals surface area (Å²) in [5.74, 6) is -1.58. The Hall–Kier alpha value is -1.99. The lowest BCUT2D eigenvalue weighted by Crippen LogP contribution is -2.50. The second kappa shape index (κ2) is 6.19. The van der Waals surface area contributed by atoms with Crippen molar-refractivity contribution in [1.29, 1.82) is 0 Å². The van der Waals surface area contributed by atoms with Gasteiger partial charge in [-0.2, -0.15) is 0 Å². The van der Waals surface area contributed by atoms with Gasteiger partial charge in [-0.05, 0) is 24.1 Å². The van der Waals surface area contributed by atoms with Crippen LogP contribution in [0.25, 0.3) is 0 Å². The Kier molecular flexibility index (Phi) is 4.54. The quantitative estimate of drug-likeness (QED) is 0.707. The molecule has 2 rings (SSSR count). The molecule has 114 valence electrons. The summed E-state index contributed by atoms with van der Waals surface area (Å²) in [4.78, 5) is 24.5. The number of benzene rings is 1. The number of halogens is 1. The van der Waals surface area contributed by atoms with Crippen LogP contribution in [0.3, 0.4) is 0 Å². The highest BCUT2D eigenvalue weighted by atomic mass is 19.1. The van der Waals surface area contributed by atoms with Crippen LogP contribution in [0.1, 0.15) is 12.0 Å². The van der Waals surface area contributed by atoms with Gasteiger partial charge >= 0.3 is 5.97 Å². The minimum Gasteiger partial charge on any atom is -0.480 e. The lowest BCUT2D eigenvalue weighted by atomic mass is 10.0. The van der Waals surface area contributed by atoms with Crippen LogP contribution >= 0.6 is 0 Å². The fourth-order valence-electron chi connectivity index (χ4n) is 2.29. The molecule has 1 aromatic carbocycles. The maximum Gasteiger partial charge on any atom is 0.325 e. The van der Waals surface area contributed by atoms with Crippen LogP contribution in [0.2, 0.25) is 0 Å². The normalized spacial score (nSPS) is 22.2. The van der Waals surface area contributed by atoms with Crippen molar-refractivity contribution >= 4 is 11.9 Å². The number of hydrogen-bond donors (Lipinski definition) is 3. The summed E-state index contributed by atoms with van der Waals surface area (Å²) in [5, 5.41) is 11.7. The molecule has 0 saturated carbocycles. The zero-order valence-corrected chi connectivity index (χ0v) is 11.5. The maximum atomic E-state index is 12.7. The van der Waals surface area contributed by atoms with Crippen LogP contribution in [0.4, 0.5) is 4.39 Å². The van der Waals surface area contributed by atoms with E-state index >= 15 is 0 Å². The van der Waals surface area contributed by atoms with Gasteiger partial charge < -0.3 is 16.2 Å². The molecule has 1 aliphatic heterocycles. The number of carbonyl (C=O) groups is 2. The topological polar surface area (TPSA) is 95.7 Å². The summed E-state index contributed by atoms with van der Waals surface area (Å²) >= 11 is 0. The van der Waals surface area contributed by atoms with Crippen molar-refractivity contribution in [3.63, 3.8) is 0 Å². The number of carboxylic acid groups (broad SMARTS) is 1. The zero-order valence-electron chi connectivity index (χ0n) is 11.5. The van der Waals surface area contributed by atoms with Gasteiger partial charge in [0.05, 0.1) is 6.54 Å². The number of rotatable bonds is 5. The molecule has 6 nitrogen and oxygen atoms in total. The summed E-state index contributed by atoms with van der Waals surface area (Å²) in [6, 6.07) is 5.86. The average Bonchev–Trinajstić information content (AvgIpc) is 2.81. The van der Waals surface area contributed by atoms with Gasteiger partial charge in [-0.15, -0.1) is 0 Å². The molecule has 0 aromatic heterocycles. The maximum absolute atomic E-state index is 12.7. The SMILES string of the molecule is NC1(C(=O)O)CCN(CC(=O)NCc2ccc(F)cc2)C1. The average molecular weight is 295 g/mol. The summed E-state index contributed by atoms with van der Waals surface area (Å²) in [5.41, 5.74) is 5.27. The van der Waals surface area contributed by atoms with Gasteiger partial charge in [0.15, 0.2) is 0 Å². The zero-order chi connectivity index (χ0) is 15.5. The van der Waals surface area contributed by atoms with Gasteiger partial charge in [0.2, 0.25) is 5.91 Å². The second-order valence-corrected chi connectivity index (χ2v) is 5.33. The van der Waals surface area contributed by atoms with E-state index in [-0.39, 0.29) is 24.8 Å². The fraction of sp³-hybridized carbons (Fsp3) is 0.429. The molecule has 1 fully saturated rings. The first-order valence-corrected chi connectivity index (χ1v) is 6.65. The molecular formula is C14H18FN3O3. The Morgan fingerprint density at radius 2 is 2.05 bits per heavy atom. The van der Waals surface area contributed by atoms with Crippen molar-refractivity contribution in [3.05, 3.63) is 35.6 Å². The summed E-state index contributed by atoms with van der Waals surface area (Å²) in [6.07, 6.45) is 0.327. The summed E-state index contributed by atoms with van der Waals surface area (Å²) in [6.45, 7) is 1.05. The van der Waals surface area contributed by atoms with E-state index in [0.717, 1.165) is 5.56 Å². The molecule has 0 bridgehead atoms. The predicted octanol–water partition coefficient (Wildman–Crippen LogP) is -0.0703. The van der Waals surface area contributed by atoms with Crippen molar-refractivity contribution in [2.24, 2.45) is 5.73 Å². The van der Waals surface area contributed by atoms with Crippen LogP contribution in [0.5, 0.6) is 0 Å². The highest BCUT2D eigenvalue weighted by molar-refractivity contribution is 5.80. The van der Waals surface area contributed by atoms with Gasteiger partial charge in [-0.3, -0.25) is 14.5 Å². The molecule has 1 atom stereocenters. The Balaban J connectivity index is 1.78. The number of nitrogens with zero attached hydrogens (tertiary/aromatic N) is 1. The van der Waals surface area contributed by atoms with E-state index < -0.39 is 11.5 Å². The van der Waals surface area contributed by atoms with E-state index in [2.05, 4.69) is 5.32 Å². The van der Waals surface area contributed by atoms with Crippen LogP contribution in [0.15, 0.2) is 24.3 Å². The molecule has 1 aromatic rings. The first-order chi connectivity index (χ1) is 9.89. The molecule has 1 heterocycles. The van der Waals surface area contributed by atoms with Crippen LogP contribution in [-0.4, -0.2) is 47.1 Å². The number of nitrogens with two attached hydrogens (primary N) is 1. The predicted molar refractivity (Wildman–Crippen MR) is 73.9 cm³/mol. The molecule has 1 unspecified atom stereocenters. The molecular weight excluding hydrogens is 277 g/mol. The van der Waals surface area contributed by atoms with Gasteiger partial charge in [0, 0.05) is 19.6 Å². The van der Waals surface area contributed by atoms with Gasteiger partial charge in [0.1, 0.15) is 11.4 Å². The van der Waals surface area contributed by atoms with E-state index in [1.54, 1.807) is 17.0 Å². The molecule has 1 saturated heterocycles. The van der Waals surface area contributed by atoms with Crippen molar-refractivity contribution in [3.8, 4) is 0 Å². The Labute approximate surface area is 121 Å². The van der Waals surface area contributed by atoms with Gasteiger partial charge in [0.25, 0.3) is 0 Å². The number of likely N-dealkylation sites (tertiary alicyclic amines) is 1. The van der Waals surface area contributed by atoms with E-state index in [1.165, 1.54) is 12.1 Å². The Bertz CT molecular complexity index is 535. The minimum absolute atomic E-state index is 0.105. The van der Waals surface area contributed by atoms with Gasteiger partial charge in [-0.1, -0.05) is 12.1 Å². The Morgan fingerprint density at radius 3 is 2.62 bits per heavy atom. The van der Waals surface area contributed by atoms with E-state index in [9.17, 15) is 14.0 Å². The summed E-state index contributed by atoms with van der Waals surface area (Å²) < 4.78 is 12.7. The molecule has 4 N–H and O–H groups in total. The third-order valence-corrected chi connectivity index (χ3v) is 3.58. The lowest BCUT2D eigenvalue weighted by molar-refractivity contribution is -0.143. The van der Waals surface area contributed by atoms with Crippen LogP contribution < -0.4 is 11.1 Å². The standard InChI is InChI=1S/C14H18FN3O3/c15-11-3-1-10(2-4-11)7-17-12(19)8-18-6-5-14(16,9-18)13(20)21/h1-4H,5-9,16H2,(H,17,19)(H,20,21). The smallest absolute Gasteiger partial charge is 0.325 e. The van der Waals surface area contributed by atoms with Crippen molar-refractivity contribution in [2.75, 3.05) is 19.6 Å². The number of carbonyl (C=O) groups excluding carboxylic acids is 1. The first kappa shape index (κ1) is 15.4. The first-order valence-electron chi connectivity index (χ1n) is 6.65. The third kappa shape index (κ3) is 3.99. The molecule has 0 aliphatic carbocycles. The largest absolute Gasteiger partial charge is 0.480 e. The number of aliphatic carboxylic acids is 1. The van der Waals surface area contributed by atoms with Crippen LogP contribution in [0, 0.1) is 5.82 Å². The Morgan fingerprint density at radius 1 is 1.38 bits per heavy atom. The molecule has 1 aliphatic rings. The van der Waals surface area contributed by atoms with Crippen LogP contribution in [-0.2, 0) is 16.1 Å². The van der Waals surface area contributed by atoms with Crippen molar-refractivity contribution in [1.82, 2.24) is 10.2 Å². The second-order valence-electron chi connectivity index (χ2n) is 5.33. The van der Waals surface area contributed by atoms with Gasteiger partial charge in [-0.25, -0.2) is 4.39 Å². The molecule has 0 spiro atoms.